The van der Waals surface area contributed by atoms with Crippen LogP contribution in [0.3, 0.4) is 0 Å². The molecule has 0 spiro atoms. The van der Waals surface area contributed by atoms with Crippen molar-refractivity contribution < 1.29 is 13.2 Å². The van der Waals surface area contributed by atoms with E-state index in [9.17, 15) is 13.2 Å². The number of fused-ring (bicyclic) bond motifs is 2. The summed E-state index contributed by atoms with van der Waals surface area (Å²) in [6, 6.07) is 1.68. The molecule has 3 aliphatic rings. The lowest BCUT2D eigenvalue weighted by Crippen LogP contribution is -2.47. The predicted molar refractivity (Wildman–Crippen MR) is 102 cm³/mol. The summed E-state index contributed by atoms with van der Waals surface area (Å²) in [4.78, 5) is 14.5. The minimum absolute atomic E-state index is 0.471. The lowest BCUT2D eigenvalue weighted by Gasteiger charge is -2.29. The van der Waals surface area contributed by atoms with Crippen molar-refractivity contribution in [2.75, 3.05) is 25.5 Å². The van der Waals surface area contributed by atoms with E-state index < -0.39 is 21.3 Å². The van der Waals surface area contributed by atoms with Crippen LogP contribution >= 0.6 is 0 Å². The van der Waals surface area contributed by atoms with E-state index in [4.69, 9.17) is 0 Å². The molecule has 1 aromatic rings. The number of sulfonamides is 1. The first-order valence-corrected chi connectivity index (χ1v) is 11.2. The van der Waals surface area contributed by atoms with Gasteiger partial charge in [0, 0.05) is 12.2 Å². The lowest BCUT2D eigenvalue weighted by atomic mass is 9.99. The van der Waals surface area contributed by atoms with Crippen LogP contribution in [0.15, 0.2) is 6.07 Å². The van der Waals surface area contributed by atoms with Gasteiger partial charge in [-0.3, -0.25) is 0 Å². The number of carbonyl (C=O) groups excluding carboxylic acids is 1. The number of aryl methyl sites for hydroxylation is 2. The largest absolute Gasteiger partial charge is 0.332 e. The maximum absolute atomic E-state index is 12.6. The van der Waals surface area contributed by atoms with E-state index in [2.05, 4.69) is 16.1 Å². The highest BCUT2D eigenvalue weighted by Crippen LogP contribution is 2.38. The van der Waals surface area contributed by atoms with Crippen molar-refractivity contribution in [3.8, 4) is 0 Å². The number of likely N-dealkylation sites (tertiary alicyclic amines) is 1. The van der Waals surface area contributed by atoms with Gasteiger partial charge < -0.3 is 10.2 Å². The third-order valence-corrected chi connectivity index (χ3v) is 7.70. The highest BCUT2D eigenvalue weighted by Gasteiger charge is 2.32. The van der Waals surface area contributed by atoms with Crippen molar-refractivity contribution >= 4 is 21.7 Å². The normalized spacial score (nSPS) is 22.7. The number of nitrogens with zero attached hydrogens (tertiary/aromatic N) is 1. The van der Waals surface area contributed by atoms with Crippen LogP contribution in [0.5, 0.6) is 0 Å². The number of rotatable bonds is 3. The van der Waals surface area contributed by atoms with E-state index in [0.717, 1.165) is 57.2 Å². The van der Waals surface area contributed by atoms with E-state index in [-0.39, 0.29) is 0 Å². The Balaban J connectivity index is 1.52. The molecule has 0 saturated carbocycles. The molecule has 1 fully saturated rings. The van der Waals surface area contributed by atoms with Crippen molar-refractivity contribution in [1.29, 1.82) is 0 Å². The monoisotopic (exact) mass is 377 g/mol. The minimum Gasteiger partial charge on any atom is -0.307 e. The summed E-state index contributed by atoms with van der Waals surface area (Å²) in [6.07, 6.45) is 7.64. The third-order valence-electron chi connectivity index (χ3n) is 5.97. The van der Waals surface area contributed by atoms with Crippen LogP contribution in [0, 0.1) is 0 Å². The first-order valence-electron chi connectivity index (χ1n) is 9.62. The molecule has 2 N–H and O–H groups in total. The fraction of sp³-hybridized carbons (Fsp3) is 0.632. The zero-order chi connectivity index (χ0) is 18.3. The topological polar surface area (TPSA) is 78.5 Å². The molecule has 2 amide bonds. The van der Waals surface area contributed by atoms with Crippen LogP contribution < -0.4 is 10.0 Å². The van der Waals surface area contributed by atoms with Gasteiger partial charge >= 0.3 is 6.03 Å². The molecular formula is C19H27N3O3S. The number of urea groups is 1. The van der Waals surface area contributed by atoms with Gasteiger partial charge in [-0.15, -0.1) is 0 Å². The molecule has 1 atom stereocenters. The average molecular weight is 378 g/mol. The number of carbonyl (C=O) groups is 1. The predicted octanol–water partition coefficient (Wildman–Crippen LogP) is 2.21. The van der Waals surface area contributed by atoms with Crippen LogP contribution in [0.1, 0.15) is 47.9 Å². The number of piperidine rings is 1. The molecule has 6 nitrogen and oxygen atoms in total. The average Bonchev–Trinajstić information content (AvgIpc) is 3.23. The second-order valence-corrected chi connectivity index (χ2v) is 9.82. The molecule has 0 bridgehead atoms. The smallest absolute Gasteiger partial charge is 0.307 e. The van der Waals surface area contributed by atoms with Crippen LogP contribution in [0.2, 0.25) is 0 Å². The zero-order valence-corrected chi connectivity index (χ0v) is 16.1. The summed E-state index contributed by atoms with van der Waals surface area (Å²) in [7, 11) is -1.75. The van der Waals surface area contributed by atoms with Crippen LogP contribution in [-0.2, 0) is 35.7 Å². The zero-order valence-electron chi connectivity index (χ0n) is 15.3. The second-order valence-electron chi connectivity index (χ2n) is 7.86. The quantitative estimate of drug-likeness (QED) is 0.847. The van der Waals surface area contributed by atoms with Crippen molar-refractivity contribution in [3.05, 3.63) is 28.3 Å². The molecule has 1 unspecified atom stereocenters. The van der Waals surface area contributed by atoms with Gasteiger partial charge in [-0.2, -0.15) is 0 Å². The molecule has 1 aliphatic heterocycles. The highest BCUT2D eigenvalue weighted by atomic mass is 32.2. The minimum atomic E-state index is -3.67. The Labute approximate surface area is 155 Å². The second kappa shape index (κ2) is 6.85. The molecule has 2 aliphatic carbocycles. The summed E-state index contributed by atoms with van der Waals surface area (Å²) in [6.45, 7) is 1.37. The van der Waals surface area contributed by atoms with E-state index in [0.29, 0.717) is 13.0 Å². The number of anilines is 1. The van der Waals surface area contributed by atoms with Gasteiger partial charge in [0.1, 0.15) is 0 Å². The standard InChI is InChI=1S/C19H27N3O3S/c1-22-10-4-7-15(12-22)26(24,25)21-19(23)20-18-16-8-2-5-13(16)11-14-6-3-9-17(14)18/h11,15H,2-10,12H2,1H3,(H2,20,21,23). The number of amides is 2. The molecular weight excluding hydrogens is 350 g/mol. The molecule has 4 rings (SSSR count). The maximum atomic E-state index is 12.6. The summed E-state index contributed by atoms with van der Waals surface area (Å²) < 4.78 is 27.5. The molecule has 1 heterocycles. The third kappa shape index (κ3) is 3.34. The Bertz CT molecular complexity index is 803. The van der Waals surface area contributed by atoms with Gasteiger partial charge in [-0.1, -0.05) is 6.07 Å². The molecule has 26 heavy (non-hydrogen) atoms. The van der Waals surface area contributed by atoms with Crippen LogP contribution in [-0.4, -0.2) is 44.7 Å². The van der Waals surface area contributed by atoms with E-state index >= 15 is 0 Å². The summed E-state index contributed by atoms with van der Waals surface area (Å²) in [5.41, 5.74) is 5.92. The lowest BCUT2D eigenvalue weighted by molar-refractivity contribution is 0.255. The van der Waals surface area contributed by atoms with Crippen LogP contribution in [0.25, 0.3) is 0 Å². The van der Waals surface area contributed by atoms with Gasteiger partial charge in [-0.25, -0.2) is 17.9 Å². The molecule has 0 radical (unpaired) electrons. The van der Waals surface area contributed by atoms with Gasteiger partial charge in [0.2, 0.25) is 10.0 Å². The van der Waals surface area contributed by atoms with E-state index in [1.807, 2.05) is 11.9 Å². The maximum Gasteiger partial charge on any atom is 0.332 e. The van der Waals surface area contributed by atoms with Gasteiger partial charge in [0.15, 0.2) is 0 Å². The number of nitrogens with one attached hydrogen (secondary N) is 2. The summed E-state index contributed by atoms with van der Waals surface area (Å²) >= 11 is 0. The Morgan fingerprint density at radius 1 is 1.08 bits per heavy atom. The van der Waals surface area contributed by atoms with Gasteiger partial charge in [0.25, 0.3) is 0 Å². The van der Waals surface area contributed by atoms with Gasteiger partial charge in [-0.05, 0) is 87.2 Å². The Hall–Kier alpha value is -1.60. The molecule has 1 aromatic carbocycles. The molecule has 0 aromatic heterocycles. The van der Waals surface area contributed by atoms with Crippen molar-refractivity contribution in [2.45, 2.75) is 56.6 Å². The Kier molecular flexibility index (Phi) is 4.69. The SMILES string of the molecule is CN1CCCC(S(=O)(=O)NC(=O)Nc2c3c(cc4c2CCC4)CCC3)C1. The fourth-order valence-corrected chi connectivity index (χ4v) is 6.09. The fourth-order valence-electron chi connectivity index (χ4n) is 4.69. The Morgan fingerprint density at radius 2 is 1.73 bits per heavy atom. The van der Waals surface area contributed by atoms with E-state index in [1.165, 1.54) is 22.3 Å². The van der Waals surface area contributed by atoms with Crippen molar-refractivity contribution in [3.63, 3.8) is 0 Å². The van der Waals surface area contributed by atoms with E-state index in [1.54, 1.807) is 0 Å². The molecule has 1 saturated heterocycles. The van der Waals surface area contributed by atoms with Gasteiger partial charge in [0.05, 0.1) is 5.25 Å². The van der Waals surface area contributed by atoms with Crippen molar-refractivity contribution in [1.82, 2.24) is 9.62 Å². The highest BCUT2D eigenvalue weighted by molar-refractivity contribution is 7.90. The number of benzene rings is 1. The van der Waals surface area contributed by atoms with Crippen molar-refractivity contribution in [2.24, 2.45) is 0 Å². The molecule has 142 valence electrons. The van der Waals surface area contributed by atoms with Crippen LogP contribution in [0.4, 0.5) is 10.5 Å². The summed E-state index contributed by atoms with van der Waals surface area (Å²) in [5.74, 6) is 0. The number of hydrogen-bond donors (Lipinski definition) is 2. The number of hydrogen-bond acceptors (Lipinski definition) is 4. The first-order chi connectivity index (χ1) is 12.4. The molecule has 7 heteroatoms. The summed E-state index contributed by atoms with van der Waals surface area (Å²) in [5, 5.41) is 2.38. The first kappa shape index (κ1) is 17.8. The Morgan fingerprint density at radius 3 is 2.35 bits per heavy atom.